The van der Waals surface area contributed by atoms with E-state index in [2.05, 4.69) is 44.4 Å². The summed E-state index contributed by atoms with van der Waals surface area (Å²) < 4.78 is 13.0. The lowest BCUT2D eigenvalue weighted by Crippen LogP contribution is -2.61. The highest BCUT2D eigenvalue weighted by molar-refractivity contribution is 4.90. The van der Waals surface area contributed by atoms with Crippen molar-refractivity contribution in [3.63, 3.8) is 0 Å². The number of piperazine rings is 1. The molecule has 0 aromatic rings. The van der Waals surface area contributed by atoms with Crippen LogP contribution in [0, 0.1) is 0 Å². The third-order valence-electron chi connectivity index (χ3n) is 3.28. The Balaban J connectivity index is 2.65. The van der Waals surface area contributed by atoms with E-state index >= 15 is 0 Å². The number of alkyl halides is 1. The fourth-order valence-electron chi connectivity index (χ4n) is 2.36. The van der Waals surface area contributed by atoms with Gasteiger partial charge in [0.05, 0.1) is 6.04 Å². The van der Waals surface area contributed by atoms with E-state index < -0.39 is 0 Å². The molecule has 0 saturated carbocycles. The Morgan fingerprint density at radius 1 is 1.27 bits per heavy atom. The standard InChI is InChI=1S/C12H25FN2/c1-10(2)14-6-7-15(12(3,4)5)11(8-13)9-14/h10-11H,6-9H2,1-5H3/t11-/m1/s1. The number of rotatable bonds is 2. The molecule has 1 fully saturated rings. The molecule has 0 aromatic heterocycles. The molecule has 0 N–H and O–H groups in total. The zero-order chi connectivity index (χ0) is 11.6. The maximum atomic E-state index is 13.0. The first-order chi connectivity index (χ1) is 6.86. The highest BCUT2D eigenvalue weighted by atomic mass is 19.1. The van der Waals surface area contributed by atoms with Gasteiger partial charge in [0.15, 0.2) is 0 Å². The topological polar surface area (TPSA) is 6.48 Å². The Morgan fingerprint density at radius 3 is 2.27 bits per heavy atom. The SMILES string of the molecule is CC(C)N1CCN(C(C)(C)C)[C@H](CF)C1. The van der Waals surface area contributed by atoms with Gasteiger partial charge in [-0.2, -0.15) is 0 Å². The molecule has 0 amide bonds. The number of hydrogen-bond acceptors (Lipinski definition) is 2. The van der Waals surface area contributed by atoms with E-state index in [9.17, 15) is 4.39 Å². The minimum absolute atomic E-state index is 0.0705. The van der Waals surface area contributed by atoms with Gasteiger partial charge in [0, 0.05) is 31.2 Å². The first kappa shape index (κ1) is 12.9. The second kappa shape index (κ2) is 4.79. The van der Waals surface area contributed by atoms with Crippen LogP contribution in [0.1, 0.15) is 34.6 Å². The van der Waals surface area contributed by atoms with Crippen molar-refractivity contribution < 1.29 is 4.39 Å². The molecule has 90 valence electrons. The zero-order valence-electron chi connectivity index (χ0n) is 10.8. The summed E-state index contributed by atoms with van der Waals surface area (Å²) in [5, 5.41) is 0. The van der Waals surface area contributed by atoms with Gasteiger partial charge in [0.2, 0.25) is 0 Å². The van der Waals surface area contributed by atoms with Gasteiger partial charge >= 0.3 is 0 Å². The molecule has 1 aliphatic rings. The molecule has 0 aromatic carbocycles. The zero-order valence-corrected chi connectivity index (χ0v) is 10.8. The summed E-state index contributed by atoms with van der Waals surface area (Å²) in [5.74, 6) is 0. The predicted molar refractivity (Wildman–Crippen MR) is 62.9 cm³/mol. The number of nitrogens with zero attached hydrogens (tertiary/aromatic N) is 2. The Bertz CT molecular complexity index is 198. The van der Waals surface area contributed by atoms with Gasteiger partial charge in [0.1, 0.15) is 6.67 Å². The van der Waals surface area contributed by atoms with Crippen molar-refractivity contribution in [3.05, 3.63) is 0 Å². The van der Waals surface area contributed by atoms with Crippen LogP contribution in [0.3, 0.4) is 0 Å². The van der Waals surface area contributed by atoms with Gasteiger partial charge < -0.3 is 0 Å². The van der Waals surface area contributed by atoms with E-state index in [1.807, 2.05) is 0 Å². The summed E-state index contributed by atoms with van der Waals surface area (Å²) >= 11 is 0. The summed E-state index contributed by atoms with van der Waals surface area (Å²) in [5.41, 5.74) is 0.0832. The van der Waals surface area contributed by atoms with E-state index in [1.165, 1.54) is 0 Å². The lowest BCUT2D eigenvalue weighted by molar-refractivity contribution is -0.00978. The van der Waals surface area contributed by atoms with Crippen molar-refractivity contribution in [2.75, 3.05) is 26.3 Å². The molecule has 0 aliphatic carbocycles. The molecule has 0 unspecified atom stereocenters. The highest BCUT2D eigenvalue weighted by Crippen LogP contribution is 2.22. The second-order valence-electron chi connectivity index (χ2n) is 5.76. The molecule has 1 atom stereocenters. The van der Waals surface area contributed by atoms with E-state index in [4.69, 9.17) is 0 Å². The van der Waals surface area contributed by atoms with Crippen LogP contribution >= 0.6 is 0 Å². The molecule has 0 radical (unpaired) electrons. The van der Waals surface area contributed by atoms with Crippen LogP contribution in [-0.2, 0) is 0 Å². The Morgan fingerprint density at radius 2 is 1.87 bits per heavy atom. The molecule has 1 aliphatic heterocycles. The van der Waals surface area contributed by atoms with Crippen LogP contribution in [0.15, 0.2) is 0 Å². The van der Waals surface area contributed by atoms with Crippen molar-refractivity contribution in [3.8, 4) is 0 Å². The van der Waals surface area contributed by atoms with Crippen LogP contribution in [0.25, 0.3) is 0 Å². The molecule has 15 heavy (non-hydrogen) atoms. The fraction of sp³-hybridized carbons (Fsp3) is 1.00. The van der Waals surface area contributed by atoms with Gasteiger partial charge in [0.25, 0.3) is 0 Å². The lowest BCUT2D eigenvalue weighted by atomic mass is 10.00. The monoisotopic (exact) mass is 216 g/mol. The van der Waals surface area contributed by atoms with Crippen molar-refractivity contribution in [2.24, 2.45) is 0 Å². The van der Waals surface area contributed by atoms with Gasteiger partial charge in [-0.25, -0.2) is 4.39 Å². The van der Waals surface area contributed by atoms with Gasteiger partial charge in [-0.05, 0) is 34.6 Å². The van der Waals surface area contributed by atoms with E-state index in [0.29, 0.717) is 6.04 Å². The van der Waals surface area contributed by atoms with Crippen molar-refractivity contribution in [1.29, 1.82) is 0 Å². The first-order valence-electron chi connectivity index (χ1n) is 5.93. The van der Waals surface area contributed by atoms with E-state index in [-0.39, 0.29) is 18.3 Å². The third kappa shape index (κ3) is 3.15. The summed E-state index contributed by atoms with van der Waals surface area (Å²) in [6.45, 7) is 13.5. The summed E-state index contributed by atoms with van der Waals surface area (Å²) in [6.07, 6.45) is 0. The minimum Gasteiger partial charge on any atom is -0.298 e. The van der Waals surface area contributed by atoms with Crippen LogP contribution < -0.4 is 0 Å². The van der Waals surface area contributed by atoms with Crippen LogP contribution in [0.4, 0.5) is 4.39 Å². The summed E-state index contributed by atoms with van der Waals surface area (Å²) in [6, 6.07) is 0.599. The quantitative estimate of drug-likeness (QED) is 0.698. The van der Waals surface area contributed by atoms with Crippen molar-refractivity contribution >= 4 is 0 Å². The Labute approximate surface area is 93.4 Å². The number of halogens is 1. The average Bonchev–Trinajstić information content (AvgIpc) is 2.15. The molecule has 1 saturated heterocycles. The van der Waals surface area contributed by atoms with E-state index in [1.54, 1.807) is 0 Å². The van der Waals surface area contributed by atoms with Gasteiger partial charge in [-0.15, -0.1) is 0 Å². The molecule has 0 spiro atoms. The maximum absolute atomic E-state index is 13.0. The summed E-state index contributed by atoms with van der Waals surface area (Å²) in [4.78, 5) is 4.67. The predicted octanol–water partition coefficient (Wildman–Crippen LogP) is 2.15. The lowest BCUT2D eigenvalue weighted by Gasteiger charge is -2.48. The third-order valence-corrected chi connectivity index (χ3v) is 3.28. The molecular formula is C12H25FN2. The fourth-order valence-corrected chi connectivity index (χ4v) is 2.36. The molecule has 1 heterocycles. The Kier molecular flexibility index (Phi) is 4.13. The summed E-state index contributed by atoms with van der Waals surface area (Å²) in [7, 11) is 0. The first-order valence-corrected chi connectivity index (χ1v) is 5.93. The van der Waals surface area contributed by atoms with Gasteiger partial charge in [-0.3, -0.25) is 9.80 Å². The number of hydrogen-bond donors (Lipinski definition) is 0. The highest BCUT2D eigenvalue weighted by Gasteiger charge is 2.34. The van der Waals surface area contributed by atoms with Crippen molar-refractivity contribution in [2.45, 2.75) is 52.2 Å². The maximum Gasteiger partial charge on any atom is 0.106 e. The molecule has 2 nitrogen and oxygen atoms in total. The minimum atomic E-state index is -0.236. The van der Waals surface area contributed by atoms with Crippen molar-refractivity contribution in [1.82, 2.24) is 9.80 Å². The van der Waals surface area contributed by atoms with Crippen LogP contribution in [0.5, 0.6) is 0 Å². The van der Waals surface area contributed by atoms with E-state index in [0.717, 1.165) is 19.6 Å². The molecule has 1 rings (SSSR count). The largest absolute Gasteiger partial charge is 0.298 e. The Hall–Kier alpha value is -0.150. The van der Waals surface area contributed by atoms with Gasteiger partial charge in [-0.1, -0.05) is 0 Å². The average molecular weight is 216 g/mol. The molecular weight excluding hydrogens is 191 g/mol. The van der Waals surface area contributed by atoms with Crippen LogP contribution in [0.2, 0.25) is 0 Å². The molecule has 3 heteroatoms. The normalized spacial score (nSPS) is 26.2. The smallest absolute Gasteiger partial charge is 0.106 e. The molecule has 0 bridgehead atoms. The second-order valence-corrected chi connectivity index (χ2v) is 5.76. The van der Waals surface area contributed by atoms with Crippen LogP contribution in [-0.4, -0.2) is 53.7 Å².